The molecule has 2 unspecified atom stereocenters. The van der Waals surface area contributed by atoms with Gasteiger partial charge in [-0.2, -0.15) is 0 Å². The smallest absolute Gasteiger partial charge is 0.143 e. The highest BCUT2D eigenvalue weighted by molar-refractivity contribution is 6.31. The van der Waals surface area contributed by atoms with Crippen molar-refractivity contribution in [3.63, 3.8) is 0 Å². The fourth-order valence-electron chi connectivity index (χ4n) is 2.50. The first-order chi connectivity index (χ1) is 8.10. The van der Waals surface area contributed by atoms with Crippen LogP contribution < -0.4 is 10.1 Å². The van der Waals surface area contributed by atoms with E-state index in [1.165, 1.54) is 19.3 Å². The summed E-state index contributed by atoms with van der Waals surface area (Å²) in [6.07, 6.45) is 3.80. The zero-order chi connectivity index (χ0) is 12.4. The molecule has 2 rings (SSSR count). The summed E-state index contributed by atoms with van der Waals surface area (Å²) in [6, 6.07) is 4.53. The van der Waals surface area contributed by atoms with Crippen LogP contribution in [-0.4, -0.2) is 13.2 Å². The van der Waals surface area contributed by atoms with Gasteiger partial charge in [0.1, 0.15) is 5.75 Å². The lowest BCUT2D eigenvalue weighted by Crippen LogP contribution is -2.16. The first kappa shape index (κ1) is 12.6. The number of anilines is 1. The van der Waals surface area contributed by atoms with Crippen LogP contribution in [0, 0.1) is 12.8 Å². The SMILES string of the molecule is COc1cc(Cl)c(C)cc1NC1CCC(C)C1. The van der Waals surface area contributed by atoms with Crippen LogP contribution in [0.15, 0.2) is 12.1 Å². The number of rotatable bonds is 3. The fraction of sp³-hybridized carbons (Fsp3) is 0.571. The average Bonchev–Trinajstić information content (AvgIpc) is 2.69. The summed E-state index contributed by atoms with van der Waals surface area (Å²) in [6.45, 7) is 4.33. The van der Waals surface area contributed by atoms with Gasteiger partial charge in [-0.05, 0) is 43.7 Å². The largest absolute Gasteiger partial charge is 0.495 e. The van der Waals surface area contributed by atoms with Crippen molar-refractivity contribution in [1.82, 2.24) is 0 Å². The number of hydrogen-bond acceptors (Lipinski definition) is 2. The Morgan fingerprint density at radius 1 is 1.35 bits per heavy atom. The quantitative estimate of drug-likeness (QED) is 0.869. The minimum atomic E-state index is 0.569. The van der Waals surface area contributed by atoms with E-state index in [1.54, 1.807) is 7.11 Å². The number of nitrogens with one attached hydrogen (secondary N) is 1. The number of aryl methyl sites for hydroxylation is 1. The normalized spacial score (nSPS) is 23.8. The molecule has 2 nitrogen and oxygen atoms in total. The fourth-order valence-corrected chi connectivity index (χ4v) is 2.66. The molecule has 1 saturated carbocycles. The molecule has 94 valence electrons. The van der Waals surface area contributed by atoms with Crippen molar-refractivity contribution < 1.29 is 4.74 Å². The molecule has 0 aliphatic heterocycles. The van der Waals surface area contributed by atoms with E-state index in [1.807, 2.05) is 13.0 Å². The molecule has 2 atom stereocenters. The number of methoxy groups -OCH3 is 1. The topological polar surface area (TPSA) is 21.3 Å². The zero-order valence-corrected chi connectivity index (χ0v) is 11.5. The van der Waals surface area contributed by atoms with Crippen molar-refractivity contribution in [2.24, 2.45) is 5.92 Å². The number of halogens is 1. The third-order valence-corrected chi connectivity index (χ3v) is 3.94. The highest BCUT2D eigenvalue weighted by atomic mass is 35.5. The van der Waals surface area contributed by atoms with Crippen molar-refractivity contribution >= 4 is 17.3 Å². The molecule has 1 aromatic rings. The maximum atomic E-state index is 6.10. The van der Waals surface area contributed by atoms with Crippen LogP contribution in [0.4, 0.5) is 5.69 Å². The molecule has 0 aromatic heterocycles. The molecule has 17 heavy (non-hydrogen) atoms. The van der Waals surface area contributed by atoms with Gasteiger partial charge in [0, 0.05) is 17.1 Å². The Morgan fingerprint density at radius 2 is 2.12 bits per heavy atom. The molecule has 1 aliphatic rings. The van der Waals surface area contributed by atoms with Gasteiger partial charge in [-0.1, -0.05) is 18.5 Å². The summed E-state index contributed by atoms with van der Waals surface area (Å²) >= 11 is 6.10. The van der Waals surface area contributed by atoms with Gasteiger partial charge in [0.15, 0.2) is 0 Å². The van der Waals surface area contributed by atoms with Crippen LogP contribution >= 0.6 is 11.6 Å². The predicted molar refractivity (Wildman–Crippen MR) is 73.2 cm³/mol. The summed E-state index contributed by atoms with van der Waals surface area (Å²) in [5, 5.41) is 4.33. The van der Waals surface area contributed by atoms with Crippen molar-refractivity contribution in [2.75, 3.05) is 12.4 Å². The van der Waals surface area contributed by atoms with Crippen LogP contribution in [-0.2, 0) is 0 Å². The van der Waals surface area contributed by atoms with Crippen molar-refractivity contribution in [3.05, 3.63) is 22.7 Å². The molecule has 0 bridgehead atoms. The average molecular weight is 254 g/mol. The van der Waals surface area contributed by atoms with E-state index in [4.69, 9.17) is 16.3 Å². The van der Waals surface area contributed by atoms with Gasteiger partial charge < -0.3 is 10.1 Å². The molecule has 0 saturated heterocycles. The Balaban J connectivity index is 2.17. The first-order valence-electron chi connectivity index (χ1n) is 6.21. The minimum Gasteiger partial charge on any atom is -0.495 e. The summed E-state index contributed by atoms with van der Waals surface area (Å²) in [4.78, 5) is 0. The lowest BCUT2D eigenvalue weighted by Gasteiger charge is -2.18. The molecule has 0 amide bonds. The number of hydrogen-bond donors (Lipinski definition) is 1. The van der Waals surface area contributed by atoms with Crippen LogP contribution in [0.2, 0.25) is 5.02 Å². The van der Waals surface area contributed by atoms with Crippen molar-refractivity contribution in [1.29, 1.82) is 0 Å². The number of benzene rings is 1. The maximum Gasteiger partial charge on any atom is 0.143 e. The van der Waals surface area contributed by atoms with Gasteiger partial charge in [0.25, 0.3) is 0 Å². The first-order valence-corrected chi connectivity index (χ1v) is 6.58. The molecule has 1 N–H and O–H groups in total. The van der Waals surface area contributed by atoms with Gasteiger partial charge in [0.2, 0.25) is 0 Å². The van der Waals surface area contributed by atoms with Gasteiger partial charge in [0.05, 0.1) is 12.8 Å². The molecule has 1 aromatic carbocycles. The standard InChI is InChI=1S/C14H20ClNO/c1-9-4-5-11(6-9)16-13-7-10(2)12(15)8-14(13)17-3/h7-9,11,16H,4-6H2,1-3H3. The van der Waals surface area contributed by atoms with Crippen molar-refractivity contribution in [2.45, 2.75) is 39.2 Å². The molecular weight excluding hydrogens is 234 g/mol. The van der Waals surface area contributed by atoms with Gasteiger partial charge in [-0.15, -0.1) is 0 Å². The van der Waals surface area contributed by atoms with E-state index in [9.17, 15) is 0 Å². The van der Waals surface area contributed by atoms with Gasteiger partial charge in [-0.3, -0.25) is 0 Å². The van der Waals surface area contributed by atoms with Crippen LogP contribution in [0.5, 0.6) is 5.75 Å². The Bertz CT molecular complexity index is 405. The second-order valence-electron chi connectivity index (χ2n) is 5.06. The summed E-state index contributed by atoms with van der Waals surface area (Å²) in [5.74, 6) is 1.66. The summed E-state index contributed by atoms with van der Waals surface area (Å²) in [7, 11) is 1.68. The Hall–Kier alpha value is -0.890. The summed E-state index contributed by atoms with van der Waals surface area (Å²) in [5.41, 5.74) is 2.15. The highest BCUT2D eigenvalue weighted by Gasteiger charge is 2.22. The molecular formula is C14H20ClNO. The lowest BCUT2D eigenvalue weighted by molar-refractivity contribution is 0.415. The lowest BCUT2D eigenvalue weighted by atomic mass is 10.1. The Labute approximate surface area is 108 Å². The van der Waals surface area contributed by atoms with E-state index in [-0.39, 0.29) is 0 Å². The van der Waals surface area contributed by atoms with Gasteiger partial charge in [-0.25, -0.2) is 0 Å². The monoisotopic (exact) mass is 253 g/mol. The van der Waals surface area contributed by atoms with E-state index < -0.39 is 0 Å². The van der Waals surface area contributed by atoms with Crippen LogP contribution in [0.25, 0.3) is 0 Å². The second-order valence-corrected chi connectivity index (χ2v) is 5.47. The van der Waals surface area contributed by atoms with Crippen LogP contribution in [0.3, 0.4) is 0 Å². The van der Waals surface area contributed by atoms with Crippen molar-refractivity contribution in [3.8, 4) is 5.75 Å². The highest BCUT2D eigenvalue weighted by Crippen LogP contribution is 2.34. The molecule has 0 heterocycles. The molecule has 1 fully saturated rings. The third kappa shape index (κ3) is 2.86. The Kier molecular flexibility index (Phi) is 3.82. The molecule has 0 spiro atoms. The predicted octanol–water partition coefficient (Wildman–Crippen LogP) is 4.26. The molecule has 3 heteroatoms. The van der Waals surface area contributed by atoms with Gasteiger partial charge >= 0.3 is 0 Å². The second kappa shape index (κ2) is 5.18. The van der Waals surface area contributed by atoms with E-state index in [2.05, 4.69) is 18.3 Å². The summed E-state index contributed by atoms with van der Waals surface area (Å²) < 4.78 is 5.37. The Morgan fingerprint density at radius 3 is 2.71 bits per heavy atom. The number of ether oxygens (including phenoxy) is 1. The van der Waals surface area contributed by atoms with E-state index in [0.29, 0.717) is 6.04 Å². The zero-order valence-electron chi connectivity index (χ0n) is 10.7. The third-order valence-electron chi connectivity index (χ3n) is 3.54. The molecule has 0 radical (unpaired) electrons. The van der Waals surface area contributed by atoms with E-state index in [0.717, 1.165) is 27.9 Å². The van der Waals surface area contributed by atoms with E-state index >= 15 is 0 Å². The molecule has 1 aliphatic carbocycles. The minimum absolute atomic E-state index is 0.569. The van der Waals surface area contributed by atoms with Crippen LogP contribution in [0.1, 0.15) is 31.7 Å². The maximum absolute atomic E-state index is 6.10.